The van der Waals surface area contributed by atoms with Crippen LogP contribution in [-0.2, 0) is 42.1 Å². The molecule has 2 aromatic rings. The Labute approximate surface area is 175 Å². The van der Waals surface area contributed by atoms with E-state index < -0.39 is 22.2 Å². The molecule has 0 saturated heterocycles. The molecule has 0 bridgehead atoms. The molecule has 1 aromatic carbocycles. The molecule has 30 heavy (non-hydrogen) atoms. The molecular weight excluding hydrogens is 404 g/mol. The summed E-state index contributed by atoms with van der Waals surface area (Å²) in [5.74, 6) is 0.491. The highest BCUT2D eigenvalue weighted by atomic mass is 32.2. The number of aryl methyl sites for hydroxylation is 3. The van der Waals surface area contributed by atoms with E-state index >= 15 is 0 Å². The van der Waals surface area contributed by atoms with Gasteiger partial charge in [0.1, 0.15) is 5.76 Å². The zero-order valence-corrected chi connectivity index (χ0v) is 17.8. The summed E-state index contributed by atoms with van der Waals surface area (Å²) >= 11 is 0. The van der Waals surface area contributed by atoms with Gasteiger partial charge in [-0.25, -0.2) is 9.52 Å². The quantitative estimate of drug-likeness (QED) is 0.691. The van der Waals surface area contributed by atoms with Gasteiger partial charge in [-0.3, -0.25) is 0 Å². The van der Waals surface area contributed by atoms with Crippen molar-refractivity contribution >= 4 is 21.7 Å². The number of furan rings is 1. The van der Waals surface area contributed by atoms with Gasteiger partial charge in [0, 0.05) is 23.2 Å². The summed E-state index contributed by atoms with van der Waals surface area (Å²) in [5.41, 5.74) is 6.50. The average molecular weight is 431 g/mol. The number of aliphatic hydroxyl groups is 1. The number of benzene rings is 1. The Bertz CT molecular complexity index is 1120. The number of nitrogens with one attached hydrogen (secondary N) is 2. The first-order chi connectivity index (χ1) is 14.3. The predicted molar refractivity (Wildman–Crippen MR) is 111 cm³/mol. The van der Waals surface area contributed by atoms with E-state index in [9.17, 15) is 18.3 Å². The van der Waals surface area contributed by atoms with Gasteiger partial charge in [0.25, 0.3) is 10.0 Å². The van der Waals surface area contributed by atoms with Gasteiger partial charge < -0.3 is 14.8 Å². The van der Waals surface area contributed by atoms with Crippen molar-refractivity contribution in [3.8, 4) is 0 Å². The Balaban J connectivity index is 1.42. The van der Waals surface area contributed by atoms with E-state index in [1.807, 2.05) is 0 Å². The van der Waals surface area contributed by atoms with Crippen LogP contribution in [-0.4, -0.2) is 19.6 Å². The summed E-state index contributed by atoms with van der Waals surface area (Å²) in [6.45, 7) is 1.61. The standard InChI is InChI=1S/C22H26N2O5S/c1-12-19-17(25)9-4-10-18(19)29-21(12)30(27,28)24-22(26)23-20-15-7-2-5-13(15)11-14-6-3-8-16(14)20/h11,17,25H,2-10H2,1H3,(H2,23,24,26). The van der Waals surface area contributed by atoms with Gasteiger partial charge in [-0.2, -0.15) is 8.42 Å². The predicted octanol–water partition coefficient (Wildman–Crippen LogP) is 3.45. The zero-order valence-electron chi connectivity index (χ0n) is 17.0. The fourth-order valence-corrected chi connectivity index (χ4v) is 6.43. The van der Waals surface area contributed by atoms with Crippen LogP contribution in [0.1, 0.15) is 70.9 Å². The van der Waals surface area contributed by atoms with Crippen LogP contribution < -0.4 is 10.0 Å². The molecule has 1 heterocycles. The highest BCUT2D eigenvalue weighted by Crippen LogP contribution is 2.39. The van der Waals surface area contributed by atoms with E-state index in [0.717, 1.165) is 61.8 Å². The lowest BCUT2D eigenvalue weighted by Gasteiger charge is -2.16. The molecule has 7 nitrogen and oxygen atoms in total. The van der Waals surface area contributed by atoms with E-state index in [4.69, 9.17) is 4.42 Å². The third kappa shape index (κ3) is 3.13. The Morgan fingerprint density at radius 1 is 1.07 bits per heavy atom. The van der Waals surface area contributed by atoms with Gasteiger partial charge in [-0.15, -0.1) is 0 Å². The van der Waals surface area contributed by atoms with Gasteiger partial charge in [0.15, 0.2) is 0 Å². The first kappa shape index (κ1) is 19.6. The van der Waals surface area contributed by atoms with Gasteiger partial charge in [0.2, 0.25) is 5.09 Å². The minimum absolute atomic E-state index is 0.285. The summed E-state index contributed by atoms with van der Waals surface area (Å²) in [6.07, 6.45) is 7.04. The molecule has 0 radical (unpaired) electrons. The monoisotopic (exact) mass is 430 g/mol. The van der Waals surface area contributed by atoms with E-state index in [2.05, 4.69) is 16.1 Å². The van der Waals surface area contributed by atoms with Crippen molar-refractivity contribution in [2.45, 2.75) is 75.9 Å². The highest BCUT2D eigenvalue weighted by Gasteiger charge is 2.33. The second-order valence-corrected chi connectivity index (χ2v) is 10.1. The minimum Gasteiger partial charge on any atom is -0.447 e. The van der Waals surface area contributed by atoms with Crippen molar-refractivity contribution in [3.05, 3.63) is 45.2 Å². The second kappa shape index (κ2) is 7.13. The van der Waals surface area contributed by atoms with Crippen LogP contribution in [0.2, 0.25) is 0 Å². The van der Waals surface area contributed by atoms with Crippen LogP contribution in [0.5, 0.6) is 0 Å². The number of carbonyl (C=O) groups excluding carboxylic acids is 1. The summed E-state index contributed by atoms with van der Waals surface area (Å²) in [5, 5.41) is 12.8. The topological polar surface area (TPSA) is 109 Å². The number of anilines is 1. The lowest BCUT2D eigenvalue weighted by atomic mass is 9.93. The Morgan fingerprint density at radius 2 is 1.73 bits per heavy atom. The van der Waals surface area contributed by atoms with Crippen LogP contribution in [0.25, 0.3) is 0 Å². The molecule has 0 aliphatic heterocycles. The third-order valence-corrected chi connectivity index (χ3v) is 7.96. The number of urea groups is 1. The molecule has 0 spiro atoms. The fraction of sp³-hybridized carbons (Fsp3) is 0.500. The average Bonchev–Trinajstić information content (AvgIpc) is 3.40. The number of hydrogen-bond acceptors (Lipinski definition) is 5. The molecular formula is C22H26N2O5S. The van der Waals surface area contributed by atoms with Crippen molar-refractivity contribution in [3.63, 3.8) is 0 Å². The maximum atomic E-state index is 12.9. The molecule has 0 saturated carbocycles. The first-order valence-corrected chi connectivity index (χ1v) is 12.1. The van der Waals surface area contributed by atoms with Crippen LogP contribution in [0, 0.1) is 6.92 Å². The molecule has 0 fully saturated rings. The lowest BCUT2D eigenvalue weighted by Crippen LogP contribution is -2.35. The van der Waals surface area contributed by atoms with E-state index in [1.54, 1.807) is 6.92 Å². The molecule has 3 N–H and O–H groups in total. The molecule has 1 unspecified atom stereocenters. The van der Waals surface area contributed by atoms with Crippen molar-refractivity contribution in [1.29, 1.82) is 0 Å². The van der Waals surface area contributed by atoms with Crippen LogP contribution >= 0.6 is 0 Å². The van der Waals surface area contributed by atoms with Crippen molar-refractivity contribution < 1.29 is 22.7 Å². The van der Waals surface area contributed by atoms with E-state index in [0.29, 0.717) is 29.7 Å². The van der Waals surface area contributed by atoms with Gasteiger partial charge in [-0.05, 0) is 80.5 Å². The van der Waals surface area contributed by atoms with Crippen LogP contribution in [0.4, 0.5) is 10.5 Å². The Morgan fingerprint density at radius 3 is 2.37 bits per heavy atom. The summed E-state index contributed by atoms with van der Waals surface area (Å²) < 4.78 is 33.5. The number of carbonyl (C=O) groups is 1. The summed E-state index contributed by atoms with van der Waals surface area (Å²) in [4.78, 5) is 12.7. The fourth-order valence-electron chi connectivity index (χ4n) is 5.32. The van der Waals surface area contributed by atoms with E-state index in [-0.39, 0.29) is 5.09 Å². The van der Waals surface area contributed by atoms with Crippen molar-refractivity contribution in [2.75, 3.05) is 5.32 Å². The molecule has 1 atom stereocenters. The smallest absolute Gasteiger partial charge is 0.333 e. The summed E-state index contributed by atoms with van der Waals surface area (Å²) in [6, 6.07) is 1.48. The number of hydrogen-bond donors (Lipinski definition) is 3. The normalized spacial score (nSPS) is 19.9. The van der Waals surface area contributed by atoms with E-state index in [1.165, 1.54) is 11.1 Å². The lowest BCUT2D eigenvalue weighted by molar-refractivity contribution is 0.151. The largest absolute Gasteiger partial charge is 0.447 e. The number of fused-ring (bicyclic) bond motifs is 3. The molecule has 1 aromatic heterocycles. The van der Waals surface area contributed by atoms with Crippen molar-refractivity contribution in [1.82, 2.24) is 4.72 Å². The van der Waals surface area contributed by atoms with Gasteiger partial charge in [0.05, 0.1) is 6.10 Å². The van der Waals surface area contributed by atoms with Crippen LogP contribution in [0.3, 0.4) is 0 Å². The molecule has 8 heteroatoms. The number of aliphatic hydroxyl groups excluding tert-OH is 1. The molecule has 3 aliphatic carbocycles. The highest BCUT2D eigenvalue weighted by molar-refractivity contribution is 7.90. The maximum Gasteiger partial charge on any atom is 0.333 e. The Hall–Kier alpha value is -2.32. The van der Waals surface area contributed by atoms with Gasteiger partial charge >= 0.3 is 6.03 Å². The Kier molecular flexibility index (Phi) is 4.67. The number of sulfonamides is 1. The minimum atomic E-state index is -4.20. The summed E-state index contributed by atoms with van der Waals surface area (Å²) in [7, 11) is -4.20. The molecule has 2 amide bonds. The molecule has 160 valence electrons. The zero-order chi connectivity index (χ0) is 21.0. The van der Waals surface area contributed by atoms with Gasteiger partial charge in [-0.1, -0.05) is 6.07 Å². The third-order valence-electron chi connectivity index (χ3n) is 6.62. The maximum absolute atomic E-state index is 12.9. The number of rotatable bonds is 3. The molecule has 3 aliphatic rings. The SMILES string of the molecule is Cc1c(S(=O)(=O)NC(=O)Nc2c3c(cc4c2CCC4)CCC3)oc2c1C(O)CCC2. The first-order valence-electron chi connectivity index (χ1n) is 10.7. The molecule has 5 rings (SSSR count). The second-order valence-electron chi connectivity index (χ2n) is 8.55. The number of amides is 2. The van der Waals surface area contributed by atoms with Crippen molar-refractivity contribution in [2.24, 2.45) is 0 Å². The van der Waals surface area contributed by atoms with Crippen LogP contribution in [0.15, 0.2) is 15.6 Å².